The molecule has 31 heavy (non-hydrogen) atoms. The third-order valence-corrected chi connectivity index (χ3v) is 5.55. The first-order chi connectivity index (χ1) is 15.0. The van der Waals surface area contributed by atoms with Crippen LogP contribution in [0.5, 0.6) is 0 Å². The smallest absolute Gasteiger partial charge is 0.337 e. The van der Waals surface area contributed by atoms with E-state index in [1.165, 1.54) is 0 Å². The van der Waals surface area contributed by atoms with Gasteiger partial charge in [0.05, 0.1) is 21.8 Å². The number of aromatic nitrogens is 1. The number of aromatic carboxylic acids is 1. The molecule has 1 amide bonds. The standard InChI is InChI=1S/C23H21ClN4O3/c24-19-6-2-1-5-17(19)22(29)26-20-9-8-16(15-18(20)23(30)31)27-11-13-28(14-12-27)21-7-3-4-10-25-21/h1-10,15H,11-14H2,(H,26,29)(H,30,31). The second-order valence-electron chi connectivity index (χ2n) is 7.13. The predicted octanol–water partition coefficient (Wildman–Crippen LogP) is 4.01. The van der Waals surface area contributed by atoms with Crippen LogP contribution in [0.4, 0.5) is 17.2 Å². The predicted molar refractivity (Wildman–Crippen MR) is 121 cm³/mol. The van der Waals surface area contributed by atoms with Crippen LogP contribution in [-0.2, 0) is 0 Å². The fourth-order valence-corrected chi connectivity index (χ4v) is 3.81. The number of carboxylic acid groups (broad SMARTS) is 1. The number of nitrogens with zero attached hydrogens (tertiary/aromatic N) is 3. The summed E-state index contributed by atoms with van der Waals surface area (Å²) in [7, 11) is 0. The molecule has 0 spiro atoms. The molecular weight excluding hydrogens is 416 g/mol. The molecule has 0 saturated carbocycles. The molecule has 0 unspecified atom stereocenters. The van der Waals surface area contributed by atoms with E-state index in [0.717, 1.165) is 37.7 Å². The molecule has 7 nitrogen and oxygen atoms in total. The molecule has 0 bridgehead atoms. The maximum atomic E-state index is 12.6. The van der Waals surface area contributed by atoms with E-state index in [9.17, 15) is 14.7 Å². The Morgan fingerprint density at radius 3 is 2.29 bits per heavy atom. The van der Waals surface area contributed by atoms with Gasteiger partial charge in [0, 0.05) is 38.1 Å². The monoisotopic (exact) mass is 436 g/mol. The molecule has 2 heterocycles. The van der Waals surface area contributed by atoms with E-state index in [1.54, 1.807) is 42.6 Å². The van der Waals surface area contributed by atoms with Crippen LogP contribution in [-0.4, -0.2) is 48.1 Å². The zero-order valence-electron chi connectivity index (χ0n) is 16.7. The second kappa shape index (κ2) is 9.06. The number of carbonyl (C=O) groups is 2. The molecule has 158 valence electrons. The molecular formula is C23H21ClN4O3. The first-order valence-electron chi connectivity index (χ1n) is 9.87. The van der Waals surface area contributed by atoms with E-state index in [2.05, 4.69) is 20.1 Å². The lowest BCUT2D eigenvalue weighted by Crippen LogP contribution is -2.46. The van der Waals surface area contributed by atoms with Crippen LogP contribution in [0.25, 0.3) is 0 Å². The average molecular weight is 437 g/mol. The summed E-state index contributed by atoms with van der Waals surface area (Å²) < 4.78 is 0. The van der Waals surface area contributed by atoms with Gasteiger partial charge < -0.3 is 20.2 Å². The van der Waals surface area contributed by atoms with Crippen molar-refractivity contribution in [2.45, 2.75) is 0 Å². The van der Waals surface area contributed by atoms with E-state index in [-0.39, 0.29) is 16.8 Å². The molecule has 1 aliphatic heterocycles. The van der Waals surface area contributed by atoms with Crippen molar-refractivity contribution >= 4 is 40.7 Å². The van der Waals surface area contributed by atoms with Crippen LogP contribution in [0.1, 0.15) is 20.7 Å². The maximum absolute atomic E-state index is 12.6. The lowest BCUT2D eigenvalue weighted by molar-refractivity contribution is 0.0698. The summed E-state index contributed by atoms with van der Waals surface area (Å²) in [6.45, 7) is 3.04. The van der Waals surface area contributed by atoms with Crippen LogP contribution in [0.3, 0.4) is 0 Å². The highest BCUT2D eigenvalue weighted by Crippen LogP contribution is 2.26. The van der Waals surface area contributed by atoms with Crippen molar-refractivity contribution in [1.82, 2.24) is 4.98 Å². The summed E-state index contributed by atoms with van der Waals surface area (Å²) in [4.78, 5) is 33.1. The lowest BCUT2D eigenvalue weighted by Gasteiger charge is -2.36. The van der Waals surface area contributed by atoms with Gasteiger partial charge in [0.2, 0.25) is 0 Å². The molecule has 0 atom stereocenters. The second-order valence-corrected chi connectivity index (χ2v) is 7.54. The molecule has 2 N–H and O–H groups in total. The molecule has 1 aliphatic rings. The summed E-state index contributed by atoms with van der Waals surface area (Å²) >= 11 is 6.08. The molecule has 0 radical (unpaired) electrons. The minimum absolute atomic E-state index is 0.0325. The quantitative estimate of drug-likeness (QED) is 0.628. The molecule has 8 heteroatoms. The van der Waals surface area contributed by atoms with Crippen LogP contribution in [0.15, 0.2) is 66.9 Å². The van der Waals surface area contributed by atoms with Crippen LogP contribution in [0, 0.1) is 0 Å². The van der Waals surface area contributed by atoms with Crippen molar-refractivity contribution in [3.63, 3.8) is 0 Å². The number of amides is 1. The van der Waals surface area contributed by atoms with Crippen LogP contribution < -0.4 is 15.1 Å². The molecule has 3 aromatic rings. The number of rotatable bonds is 5. The first kappa shape index (κ1) is 20.7. The highest BCUT2D eigenvalue weighted by Gasteiger charge is 2.21. The van der Waals surface area contributed by atoms with E-state index in [1.807, 2.05) is 24.3 Å². The van der Waals surface area contributed by atoms with Gasteiger partial charge in [0.15, 0.2) is 0 Å². The number of benzene rings is 2. The number of hydrogen-bond donors (Lipinski definition) is 2. The third-order valence-electron chi connectivity index (χ3n) is 5.22. The Bertz CT molecular complexity index is 1100. The highest BCUT2D eigenvalue weighted by molar-refractivity contribution is 6.34. The minimum atomic E-state index is -1.11. The Balaban J connectivity index is 1.50. The molecule has 4 rings (SSSR count). The van der Waals surface area contributed by atoms with Crippen molar-refractivity contribution in [1.29, 1.82) is 0 Å². The summed E-state index contributed by atoms with van der Waals surface area (Å²) in [5.41, 5.74) is 1.35. The Morgan fingerprint density at radius 1 is 0.903 bits per heavy atom. The summed E-state index contributed by atoms with van der Waals surface area (Å²) in [6.07, 6.45) is 1.77. The number of anilines is 3. The number of nitrogens with one attached hydrogen (secondary N) is 1. The van der Waals surface area contributed by atoms with E-state index < -0.39 is 11.9 Å². The fraction of sp³-hybridized carbons (Fsp3) is 0.174. The summed E-state index contributed by atoms with van der Waals surface area (Å²) in [6, 6.07) is 17.5. The van der Waals surface area contributed by atoms with Crippen molar-refractivity contribution in [3.05, 3.63) is 83.0 Å². The zero-order chi connectivity index (χ0) is 21.8. The average Bonchev–Trinajstić information content (AvgIpc) is 2.80. The Kier molecular flexibility index (Phi) is 6.04. The van der Waals surface area contributed by atoms with Gasteiger partial charge in [-0.1, -0.05) is 29.8 Å². The van der Waals surface area contributed by atoms with Crippen molar-refractivity contribution < 1.29 is 14.7 Å². The summed E-state index contributed by atoms with van der Waals surface area (Å²) in [5, 5.41) is 12.7. The van der Waals surface area contributed by atoms with Crippen LogP contribution >= 0.6 is 11.6 Å². The van der Waals surface area contributed by atoms with Crippen molar-refractivity contribution in [2.75, 3.05) is 41.3 Å². The van der Waals surface area contributed by atoms with Gasteiger partial charge in [-0.2, -0.15) is 0 Å². The van der Waals surface area contributed by atoms with Crippen molar-refractivity contribution in [3.8, 4) is 0 Å². The zero-order valence-corrected chi connectivity index (χ0v) is 17.4. The van der Waals surface area contributed by atoms with Gasteiger partial charge in [-0.25, -0.2) is 9.78 Å². The molecule has 1 saturated heterocycles. The van der Waals surface area contributed by atoms with Gasteiger partial charge in [-0.3, -0.25) is 4.79 Å². The fourth-order valence-electron chi connectivity index (χ4n) is 3.58. The van der Waals surface area contributed by atoms with E-state index in [4.69, 9.17) is 11.6 Å². The molecule has 0 aliphatic carbocycles. The number of carbonyl (C=O) groups excluding carboxylic acids is 1. The molecule has 1 fully saturated rings. The van der Waals surface area contributed by atoms with Crippen LogP contribution in [0.2, 0.25) is 5.02 Å². The number of halogens is 1. The van der Waals surface area contributed by atoms with Gasteiger partial charge in [0.25, 0.3) is 5.91 Å². The normalized spacial score (nSPS) is 13.7. The maximum Gasteiger partial charge on any atom is 0.337 e. The van der Waals surface area contributed by atoms with Gasteiger partial charge in [-0.05, 0) is 42.5 Å². The largest absolute Gasteiger partial charge is 0.478 e. The number of carboxylic acids is 1. The highest BCUT2D eigenvalue weighted by atomic mass is 35.5. The van der Waals surface area contributed by atoms with Gasteiger partial charge in [0.1, 0.15) is 5.82 Å². The Morgan fingerprint density at radius 2 is 1.61 bits per heavy atom. The van der Waals surface area contributed by atoms with Gasteiger partial charge >= 0.3 is 5.97 Å². The third kappa shape index (κ3) is 4.62. The first-order valence-corrected chi connectivity index (χ1v) is 10.2. The van der Waals surface area contributed by atoms with E-state index >= 15 is 0 Å². The summed E-state index contributed by atoms with van der Waals surface area (Å²) in [5.74, 6) is -0.626. The molecule has 1 aromatic heterocycles. The SMILES string of the molecule is O=C(Nc1ccc(N2CCN(c3ccccn3)CC2)cc1C(=O)O)c1ccccc1Cl. The van der Waals surface area contributed by atoms with E-state index in [0.29, 0.717) is 5.02 Å². The molecule has 2 aromatic carbocycles. The van der Waals surface area contributed by atoms with Crippen molar-refractivity contribution in [2.24, 2.45) is 0 Å². The topological polar surface area (TPSA) is 85.8 Å². The minimum Gasteiger partial charge on any atom is -0.478 e. The number of piperazine rings is 1. The Hall–Kier alpha value is -3.58. The Labute approximate surface area is 184 Å². The lowest BCUT2D eigenvalue weighted by atomic mass is 10.1. The number of pyridine rings is 1. The number of hydrogen-bond acceptors (Lipinski definition) is 5. The van der Waals surface area contributed by atoms with Gasteiger partial charge in [-0.15, -0.1) is 0 Å².